The van der Waals surface area contributed by atoms with Crippen molar-refractivity contribution in [2.75, 3.05) is 24.3 Å². The Morgan fingerprint density at radius 1 is 1.35 bits per heavy atom. The molecule has 0 aliphatic rings. The maximum atomic E-state index is 12.0. The van der Waals surface area contributed by atoms with E-state index in [0.717, 1.165) is 29.8 Å². The molecule has 0 bridgehead atoms. The molecule has 2 N–H and O–H groups in total. The van der Waals surface area contributed by atoms with Gasteiger partial charge in [0.05, 0.1) is 23.5 Å². The molecular formula is C15H23ClN6O. The van der Waals surface area contributed by atoms with Crippen LogP contribution in [-0.2, 0) is 11.3 Å². The second-order valence-electron chi connectivity index (χ2n) is 6.03. The summed E-state index contributed by atoms with van der Waals surface area (Å²) in [7, 11) is 0. The van der Waals surface area contributed by atoms with Gasteiger partial charge in [-0.15, -0.1) is 11.6 Å². The predicted octanol–water partition coefficient (Wildman–Crippen LogP) is 2.03. The highest BCUT2D eigenvalue weighted by Crippen LogP contribution is 2.19. The lowest BCUT2D eigenvalue weighted by Gasteiger charge is -2.20. The van der Waals surface area contributed by atoms with E-state index in [9.17, 15) is 4.79 Å². The van der Waals surface area contributed by atoms with Gasteiger partial charge >= 0.3 is 0 Å². The number of carbonyl (C=O) groups is 1. The molecule has 1 amide bonds. The Morgan fingerprint density at radius 3 is 2.83 bits per heavy atom. The molecule has 2 aromatic rings. The summed E-state index contributed by atoms with van der Waals surface area (Å²) in [6, 6.07) is 0. The number of aromatic nitrogens is 4. The van der Waals surface area contributed by atoms with Gasteiger partial charge in [-0.3, -0.25) is 4.79 Å². The van der Waals surface area contributed by atoms with Crippen molar-refractivity contribution in [2.24, 2.45) is 5.41 Å². The molecule has 126 valence electrons. The van der Waals surface area contributed by atoms with Crippen molar-refractivity contribution in [1.29, 1.82) is 0 Å². The average molecular weight is 339 g/mol. The van der Waals surface area contributed by atoms with E-state index in [1.54, 1.807) is 10.9 Å². The Hall–Kier alpha value is -1.89. The van der Waals surface area contributed by atoms with Crippen LogP contribution in [0.5, 0.6) is 0 Å². The van der Waals surface area contributed by atoms with Crippen molar-refractivity contribution in [2.45, 2.75) is 33.7 Å². The average Bonchev–Trinajstić information content (AvgIpc) is 2.96. The van der Waals surface area contributed by atoms with E-state index >= 15 is 0 Å². The second kappa shape index (κ2) is 7.59. The molecule has 2 heterocycles. The molecule has 0 fully saturated rings. The molecule has 8 heteroatoms. The van der Waals surface area contributed by atoms with Crippen molar-refractivity contribution in [3.05, 3.63) is 12.5 Å². The fraction of sp³-hybridized carbons (Fsp3) is 0.600. The van der Waals surface area contributed by atoms with Gasteiger partial charge in [0.15, 0.2) is 5.65 Å². The van der Waals surface area contributed by atoms with Crippen LogP contribution in [-0.4, -0.2) is 44.6 Å². The molecule has 0 radical (unpaired) electrons. The fourth-order valence-electron chi connectivity index (χ4n) is 2.02. The number of halogens is 1. The SMILES string of the molecule is CCCNc1ncnc2c1cnn2CCNC(=O)C(C)(C)CCl. The Bertz CT molecular complexity index is 669. The molecule has 0 aliphatic heterocycles. The minimum Gasteiger partial charge on any atom is -0.369 e. The molecule has 2 rings (SSSR count). The van der Waals surface area contributed by atoms with E-state index in [-0.39, 0.29) is 11.8 Å². The van der Waals surface area contributed by atoms with Crippen molar-refractivity contribution < 1.29 is 4.79 Å². The molecule has 0 atom stereocenters. The van der Waals surface area contributed by atoms with E-state index in [2.05, 4.69) is 32.6 Å². The number of fused-ring (bicyclic) bond motifs is 1. The summed E-state index contributed by atoms with van der Waals surface area (Å²) >= 11 is 5.80. The minimum absolute atomic E-state index is 0.0658. The first kappa shape index (κ1) is 17.5. The minimum atomic E-state index is -0.576. The number of alkyl halides is 1. The first-order valence-corrected chi connectivity index (χ1v) is 8.27. The van der Waals surface area contributed by atoms with Crippen LogP contribution >= 0.6 is 11.6 Å². The smallest absolute Gasteiger partial charge is 0.226 e. The van der Waals surface area contributed by atoms with Crippen LogP contribution in [0.2, 0.25) is 0 Å². The summed E-state index contributed by atoms with van der Waals surface area (Å²) in [6.07, 6.45) is 4.29. The van der Waals surface area contributed by atoms with Crippen molar-refractivity contribution in [1.82, 2.24) is 25.1 Å². The summed E-state index contributed by atoms with van der Waals surface area (Å²) in [5.74, 6) is 1.00. The number of hydrogen-bond donors (Lipinski definition) is 2. The summed E-state index contributed by atoms with van der Waals surface area (Å²) < 4.78 is 1.77. The molecule has 0 spiro atoms. The van der Waals surface area contributed by atoms with Crippen LogP contribution in [0.25, 0.3) is 11.0 Å². The van der Waals surface area contributed by atoms with Gasteiger partial charge in [0.2, 0.25) is 5.91 Å². The molecule has 0 aromatic carbocycles. The van der Waals surface area contributed by atoms with Crippen LogP contribution in [0.15, 0.2) is 12.5 Å². The largest absolute Gasteiger partial charge is 0.369 e. The summed E-state index contributed by atoms with van der Waals surface area (Å²) in [5.41, 5.74) is 0.178. The van der Waals surface area contributed by atoms with Gasteiger partial charge in [0.1, 0.15) is 12.1 Å². The first-order valence-electron chi connectivity index (χ1n) is 7.74. The number of amides is 1. The van der Waals surface area contributed by atoms with Gasteiger partial charge < -0.3 is 10.6 Å². The lowest BCUT2D eigenvalue weighted by molar-refractivity contribution is -0.128. The third kappa shape index (κ3) is 4.10. The number of carbonyl (C=O) groups excluding carboxylic acids is 1. The highest BCUT2D eigenvalue weighted by molar-refractivity contribution is 6.19. The van der Waals surface area contributed by atoms with Crippen molar-refractivity contribution in [3.8, 4) is 0 Å². The van der Waals surface area contributed by atoms with E-state index in [1.807, 2.05) is 13.8 Å². The molecule has 0 unspecified atom stereocenters. The van der Waals surface area contributed by atoms with E-state index in [1.165, 1.54) is 6.33 Å². The summed E-state index contributed by atoms with van der Waals surface area (Å²) in [4.78, 5) is 20.5. The van der Waals surface area contributed by atoms with Crippen LogP contribution in [0.4, 0.5) is 5.82 Å². The molecule has 7 nitrogen and oxygen atoms in total. The van der Waals surface area contributed by atoms with E-state index in [0.29, 0.717) is 13.1 Å². The van der Waals surface area contributed by atoms with Crippen molar-refractivity contribution in [3.63, 3.8) is 0 Å². The third-order valence-electron chi connectivity index (χ3n) is 3.53. The Kier molecular flexibility index (Phi) is 5.76. The molecule has 0 saturated carbocycles. The van der Waals surface area contributed by atoms with Gasteiger partial charge in [-0.25, -0.2) is 14.6 Å². The van der Waals surface area contributed by atoms with Crippen LogP contribution in [0.3, 0.4) is 0 Å². The van der Waals surface area contributed by atoms with Gasteiger partial charge in [0.25, 0.3) is 0 Å². The van der Waals surface area contributed by atoms with Crippen LogP contribution < -0.4 is 10.6 Å². The monoisotopic (exact) mass is 338 g/mol. The number of anilines is 1. The van der Waals surface area contributed by atoms with E-state index in [4.69, 9.17) is 11.6 Å². The summed E-state index contributed by atoms with van der Waals surface area (Å²) in [6.45, 7) is 7.59. The topological polar surface area (TPSA) is 84.7 Å². The molecular weight excluding hydrogens is 316 g/mol. The molecule has 0 saturated heterocycles. The maximum Gasteiger partial charge on any atom is 0.226 e. The lowest BCUT2D eigenvalue weighted by Crippen LogP contribution is -2.39. The van der Waals surface area contributed by atoms with Gasteiger partial charge in [0, 0.05) is 19.0 Å². The molecule has 2 aromatic heterocycles. The highest BCUT2D eigenvalue weighted by Gasteiger charge is 2.25. The number of nitrogens with one attached hydrogen (secondary N) is 2. The second-order valence-corrected chi connectivity index (χ2v) is 6.29. The Morgan fingerprint density at radius 2 is 2.13 bits per heavy atom. The van der Waals surface area contributed by atoms with Gasteiger partial charge in [-0.1, -0.05) is 6.92 Å². The maximum absolute atomic E-state index is 12.0. The zero-order valence-electron chi connectivity index (χ0n) is 13.8. The Labute approximate surface area is 140 Å². The van der Waals surface area contributed by atoms with Crippen LogP contribution in [0, 0.1) is 5.41 Å². The van der Waals surface area contributed by atoms with Gasteiger partial charge in [-0.2, -0.15) is 5.10 Å². The third-order valence-corrected chi connectivity index (χ3v) is 4.20. The highest BCUT2D eigenvalue weighted by atomic mass is 35.5. The quantitative estimate of drug-likeness (QED) is 0.719. The number of nitrogens with zero attached hydrogens (tertiary/aromatic N) is 4. The zero-order valence-corrected chi connectivity index (χ0v) is 14.5. The fourth-order valence-corrected chi connectivity index (χ4v) is 2.14. The van der Waals surface area contributed by atoms with Gasteiger partial charge in [-0.05, 0) is 20.3 Å². The van der Waals surface area contributed by atoms with E-state index < -0.39 is 5.41 Å². The first-order chi connectivity index (χ1) is 11.0. The zero-order chi connectivity index (χ0) is 16.9. The normalized spacial score (nSPS) is 11.7. The number of hydrogen-bond acceptors (Lipinski definition) is 5. The Balaban J connectivity index is 2.03. The van der Waals surface area contributed by atoms with Crippen molar-refractivity contribution >= 4 is 34.4 Å². The molecule has 23 heavy (non-hydrogen) atoms. The predicted molar refractivity (Wildman–Crippen MR) is 91.6 cm³/mol. The molecule has 0 aliphatic carbocycles. The summed E-state index contributed by atoms with van der Waals surface area (Å²) in [5, 5.41) is 11.4. The standard InChI is InChI=1S/C15H23ClN6O/c1-4-5-17-12-11-8-21-22(13(11)20-10-19-12)7-6-18-14(23)15(2,3)9-16/h8,10H,4-7,9H2,1-3H3,(H,18,23)(H,17,19,20). The van der Waals surface area contributed by atoms with Crippen LogP contribution in [0.1, 0.15) is 27.2 Å². The lowest BCUT2D eigenvalue weighted by atomic mass is 9.95. The number of rotatable bonds is 8.